The van der Waals surface area contributed by atoms with Gasteiger partial charge in [-0.25, -0.2) is 4.39 Å². The monoisotopic (exact) mass is 391 g/mol. The third-order valence-corrected chi connectivity index (χ3v) is 6.76. The summed E-state index contributed by atoms with van der Waals surface area (Å²) in [4.78, 5) is 20.4. The second-order valence-electron chi connectivity index (χ2n) is 8.61. The van der Waals surface area contributed by atoms with Gasteiger partial charge in [0, 0.05) is 43.0 Å². The van der Waals surface area contributed by atoms with Crippen molar-refractivity contribution in [1.29, 1.82) is 0 Å². The van der Waals surface area contributed by atoms with Gasteiger partial charge < -0.3 is 9.88 Å². The van der Waals surface area contributed by atoms with E-state index in [1.165, 1.54) is 23.1 Å². The predicted molar refractivity (Wildman–Crippen MR) is 113 cm³/mol. The van der Waals surface area contributed by atoms with E-state index < -0.39 is 0 Å². The number of nitrogens with one attached hydrogen (secondary N) is 1. The first kappa shape index (κ1) is 18.4. The van der Waals surface area contributed by atoms with Crippen LogP contribution in [0.2, 0.25) is 0 Å². The first-order valence-corrected chi connectivity index (χ1v) is 10.4. The van der Waals surface area contributed by atoms with E-state index in [0.717, 1.165) is 37.9 Å². The van der Waals surface area contributed by atoms with Crippen molar-refractivity contribution in [3.63, 3.8) is 0 Å². The minimum absolute atomic E-state index is 0.120. The molecule has 2 aliphatic heterocycles. The molecular weight excluding hydrogens is 365 g/mol. The maximum atomic E-state index is 13.8. The smallest absolute Gasteiger partial charge is 0.227 e. The lowest BCUT2D eigenvalue weighted by atomic mass is 9.81. The largest absolute Gasteiger partial charge is 0.361 e. The minimum atomic E-state index is -0.289. The quantitative estimate of drug-likeness (QED) is 0.693. The maximum Gasteiger partial charge on any atom is 0.227 e. The van der Waals surface area contributed by atoms with Crippen molar-refractivity contribution in [2.45, 2.75) is 50.7 Å². The van der Waals surface area contributed by atoms with E-state index in [2.05, 4.69) is 41.1 Å². The van der Waals surface area contributed by atoms with Crippen molar-refractivity contribution in [1.82, 2.24) is 9.88 Å². The van der Waals surface area contributed by atoms with Crippen LogP contribution in [0.1, 0.15) is 38.2 Å². The van der Waals surface area contributed by atoms with E-state index >= 15 is 0 Å². The summed E-state index contributed by atoms with van der Waals surface area (Å²) in [6, 6.07) is 15.5. The lowest BCUT2D eigenvalue weighted by molar-refractivity contribution is -0.117. The normalized spacial score (nSPS) is 25.4. The van der Waals surface area contributed by atoms with Crippen molar-refractivity contribution < 1.29 is 9.18 Å². The first-order chi connectivity index (χ1) is 14.0. The van der Waals surface area contributed by atoms with E-state index in [-0.39, 0.29) is 17.3 Å². The van der Waals surface area contributed by atoms with Gasteiger partial charge in [-0.1, -0.05) is 12.1 Å². The summed E-state index contributed by atoms with van der Waals surface area (Å²) in [5.74, 6) is -0.169. The maximum absolute atomic E-state index is 13.8. The molecule has 5 heteroatoms. The molecule has 0 radical (unpaired) electrons. The molecule has 1 spiro atoms. The van der Waals surface area contributed by atoms with Crippen LogP contribution in [0, 0.1) is 5.82 Å². The summed E-state index contributed by atoms with van der Waals surface area (Å²) in [5.41, 5.74) is 2.98. The predicted octanol–water partition coefficient (Wildman–Crippen LogP) is 4.86. The van der Waals surface area contributed by atoms with Crippen LogP contribution < -0.4 is 4.90 Å². The Hall–Kier alpha value is -2.66. The zero-order valence-electron chi connectivity index (χ0n) is 16.7. The summed E-state index contributed by atoms with van der Waals surface area (Å²) in [6.45, 7) is 4.10. The molecule has 5 rings (SSSR count). The molecule has 1 amide bonds. The van der Waals surface area contributed by atoms with E-state index in [4.69, 9.17) is 0 Å². The van der Waals surface area contributed by atoms with Gasteiger partial charge in [-0.05, 0) is 73.5 Å². The molecule has 1 aromatic heterocycles. The Balaban J connectivity index is 1.36. The summed E-state index contributed by atoms with van der Waals surface area (Å²) < 4.78 is 13.8. The number of likely N-dealkylation sites (tertiary alicyclic amines) is 1. The van der Waals surface area contributed by atoms with Crippen molar-refractivity contribution in [2.75, 3.05) is 11.4 Å². The SMILES string of the molecule is CC1CC2(CCC(=O)N2c2cccc(F)c2)CCN1Cc1ccc2[nH]ccc2c1. The van der Waals surface area contributed by atoms with Gasteiger partial charge in [0.25, 0.3) is 0 Å². The van der Waals surface area contributed by atoms with Gasteiger partial charge in [0.1, 0.15) is 5.82 Å². The van der Waals surface area contributed by atoms with Crippen molar-refractivity contribution >= 4 is 22.5 Å². The van der Waals surface area contributed by atoms with Crippen LogP contribution in [0.15, 0.2) is 54.7 Å². The summed E-state index contributed by atoms with van der Waals surface area (Å²) in [7, 11) is 0. The molecule has 4 nitrogen and oxygen atoms in total. The number of piperidine rings is 1. The molecular formula is C24H26FN3O. The molecule has 150 valence electrons. The topological polar surface area (TPSA) is 39.3 Å². The molecule has 2 aliphatic rings. The van der Waals surface area contributed by atoms with Crippen LogP contribution in [-0.2, 0) is 11.3 Å². The number of anilines is 1. The summed E-state index contributed by atoms with van der Waals surface area (Å²) in [6.07, 6.45) is 5.22. The second kappa shape index (κ2) is 6.99. The van der Waals surface area contributed by atoms with Crippen LogP contribution in [0.3, 0.4) is 0 Å². The number of benzene rings is 2. The molecule has 2 fully saturated rings. The van der Waals surface area contributed by atoms with Gasteiger partial charge in [-0.2, -0.15) is 0 Å². The zero-order chi connectivity index (χ0) is 20.0. The molecule has 0 bridgehead atoms. The number of aromatic nitrogens is 1. The Morgan fingerprint density at radius 1 is 1.17 bits per heavy atom. The van der Waals surface area contributed by atoms with Gasteiger partial charge >= 0.3 is 0 Å². The number of carbonyl (C=O) groups is 1. The molecule has 0 saturated carbocycles. The van der Waals surface area contributed by atoms with Gasteiger partial charge in [-0.3, -0.25) is 9.69 Å². The molecule has 1 N–H and O–H groups in total. The number of rotatable bonds is 3. The van der Waals surface area contributed by atoms with Crippen LogP contribution in [-0.4, -0.2) is 33.9 Å². The Morgan fingerprint density at radius 2 is 2.07 bits per heavy atom. The Bertz CT molecular complexity index is 1060. The van der Waals surface area contributed by atoms with E-state index in [1.54, 1.807) is 6.07 Å². The fourth-order valence-corrected chi connectivity index (χ4v) is 5.31. The van der Waals surface area contributed by atoms with Crippen LogP contribution in [0.4, 0.5) is 10.1 Å². The van der Waals surface area contributed by atoms with Crippen LogP contribution in [0.5, 0.6) is 0 Å². The van der Waals surface area contributed by atoms with Gasteiger partial charge in [0.05, 0.1) is 5.54 Å². The highest BCUT2D eigenvalue weighted by molar-refractivity contribution is 5.97. The average molecular weight is 391 g/mol. The Morgan fingerprint density at radius 3 is 2.90 bits per heavy atom. The van der Waals surface area contributed by atoms with Gasteiger partial charge in [-0.15, -0.1) is 0 Å². The molecule has 3 heterocycles. The average Bonchev–Trinajstić information content (AvgIpc) is 3.28. The molecule has 0 aliphatic carbocycles. The van der Waals surface area contributed by atoms with E-state index in [9.17, 15) is 9.18 Å². The van der Waals surface area contributed by atoms with Crippen molar-refractivity contribution in [3.05, 3.63) is 66.1 Å². The van der Waals surface area contributed by atoms with E-state index in [1.807, 2.05) is 17.2 Å². The molecule has 2 aromatic carbocycles. The molecule has 3 aromatic rings. The molecule has 2 atom stereocenters. The number of hydrogen-bond donors (Lipinski definition) is 1. The molecule has 29 heavy (non-hydrogen) atoms. The summed E-state index contributed by atoms with van der Waals surface area (Å²) >= 11 is 0. The van der Waals surface area contributed by atoms with Crippen LogP contribution >= 0.6 is 0 Å². The standard InChI is InChI=1S/C24H26FN3O/c1-17-15-24(9-7-23(29)28(24)21-4-2-3-20(25)14-21)10-12-27(17)16-18-5-6-22-19(13-18)8-11-26-22/h2-6,8,11,13-14,17,26H,7,9-10,12,15-16H2,1H3. The van der Waals surface area contributed by atoms with Gasteiger partial charge in [0.2, 0.25) is 5.91 Å². The number of carbonyl (C=O) groups excluding carboxylic acids is 1. The molecule has 2 saturated heterocycles. The zero-order valence-corrected chi connectivity index (χ0v) is 16.7. The lowest BCUT2D eigenvalue weighted by Gasteiger charge is -2.48. The lowest BCUT2D eigenvalue weighted by Crippen LogP contribution is -2.56. The number of nitrogens with zero attached hydrogens (tertiary/aromatic N) is 2. The molecule has 2 unspecified atom stereocenters. The van der Waals surface area contributed by atoms with Crippen LogP contribution in [0.25, 0.3) is 10.9 Å². The minimum Gasteiger partial charge on any atom is -0.361 e. The van der Waals surface area contributed by atoms with E-state index in [0.29, 0.717) is 18.2 Å². The third kappa shape index (κ3) is 3.23. The number of fused-ring (bicyclic) bond motifs is 1. The Labute approximate surface area is 170 Å². The number of hydrogen-bond acceptors (Lipinski definition) is 2. The Kier molecular flexibility index (Phi) is 4.43. The summed E-state index contributed by atoms with van der Waals surface area (Å²) in [5, 5.41) is 1.24. The van der Waals surface area contributed by atoms with Crippen molar-refractivity contribution in [2.24, 2.45) is 0 Å². The highest BCUT2D eigenvalue weighted by atomic mass is 19.1. The fraction of sp³-hybridized carbons (Fsp3) is 0.375. The second-order valence-corrected chi connectivity index (χ2v) is 8.61. The fourth-order valence-electron chi connectivity index (χ4n) is 5.31. The van der Waals surface area contributed by atoms with Gasteiger partial charge in [0.15, 0.2) is 0 Å². The number of amides is 1. The number of aromatic amines is 1. The third-order valence-electron chi connectivity index (χ3n) is 6.76. The number of H-pyrrole nitrogens is 1. The number of halogens is 1. The van der Waals surface area contributed by atoms with Crippen molar-refractivity contribution in [3.8, 4) is 0 Å². The highest BCUT2D eigenvalue weighted by Crippen LogP contribution is 2.44. The highest BCUT2D eigenvalue weighted by Gasteiger charge is 2.49. The first-order valence-electron chi connectivity index (χ1n) is 10.4.